The van der Waals surface area contributed by atoms with Gasteiger partial charge in [0.15, 0.2) is 17.3 Å². The number of amides is 1. The molecule has 1 N–H and O–H groups in total. The van der Waals surface area contributed by atoms with E-state index in [2.05, 4.69) is 20.8 Å². The van der Waals surface area contributed by atoms with Crippen molar-refractivity contribution in [2.45, 2.75) is 6.54 Å². The summed E-state index contributed by atoms with van der Waals surface area (Å²) in [7, 11) is 0. The molecule has 0 fully saturated rings. The van der Waals surface area contributed by atoms with Crippen molar-refractivity contribution in [2.75, 3.05) is 6.79 Å². The van der Waals surface area contributed by atoms with Gasteiger partial charge in [0.05, 0.1) is 12.2 Å². The second kappa shape index (κ2) is 7.24. The lowest BCUT2D eigenvalue weighted by molar-refractivity contribution is -0.116. The Bertz CT molecular complexity index is 1000. The van der Waals surface area contributed by atoms with Crippen LogP contribution in [0.15, 0.2) is 48.5 Å². The summed E-state index contributed by atoms with van der Waals surface area (Å²) in [5, 5.41) is 14.1. The van der Waals surface area contributed by atoms with E-state index in [-0.39, 0.29) is 25.1 Å². The number of benzene rings is 2. The highest BCUT2D eigenvalue weighted by Gasteiger charge is 2.12. The van der Waals surface area contributed by atoms with Gasteiger partial charge in [-0.25, -0.2) is 4.39 Å². The predicted molar refractivity (Wildman–Crippen MR) is 92.6 cm³/mol. The van der Waals surface area contributed by atoms with Crippen molar-refractivity contribution in [3.05, 3.63) is 65.7 Å². The number of nitrogens with one attached hydrogen (secondary N) is 1. The first-order valence-electron chi connectivity index (χ1n) is 8.08. The van der Waals surface area contributed by atoms with Crippen molar-refractivity contribution in [3.8, 4) is 17.2 Å². The van der Waals surface area contributed by atoms with Crippen molar-refractivity contribution in [1.82, 2.24) is 25.5 Å². The van der Waals surface area contributed by atoms with Crippen LogP contribution in [0.1, 0.15) is 11.4 Å². The average Bonchev–Trinajstić information content (AvgIpc) is 3.34. The van der Waals surface area contributed by atoms with Crippen LogP contribution in [-0.4, -0.2) is 32.9 Å². The molecular formula is C18H14FN5O3. The first kappa shape index (κ1) is 16.7. The topological polar surface area (TPSA) is 91.2 Å². The third-order valence-corrected chi connectivity index (χ3v) is 3.85. The van der Waals surface area contributed by atoms with E-state index in [0.717, 1.165) is 5.56 Å². The summed E-state index contributed by atoms with van der Waals surface area (Å²) in [6, 6.07) is 11.1. The summed E-state index contributed by atoms with van der Waals surface area (Å²) in [5.74, 6) is 1.10. The third kappa shape index (κ3) is 3.76. The number of fused-ring (bicyclic) bond motifs is 1. The van der Waals surface area contributed by atoms with Gasteiger partial charge in [-0.05, 0) is 58.5 Å². The average molecular weight is 367 g/mol. The SMILES string of the molecule is O=C(/C=C/c1ccc2c(c1)OCO2)NCc1nnnn1-c1ccc(F)cc1. The molecule has 2 heterocycles. The monoisotopic (exact) mass is 367 g/mol. The van der Waals surface area contributed by atoms with Gasteiger partial charge in [0.2, 0.25) is 12.7 Å². The molecule has 2 aromatic carbocycles. The van der Waals surface area contributed by atoms with Crippen LogP contribution in [0.3, 0.4) is 0 Å². The molecule has 27 heavy (non-hydrogen) atoms. The van der Waals surface area contributed by atoms with E-state index in [0.29, 0.717) is 23.0 Å². The van der Waals surface area contributed by atoms with Gasteiger partial charge in [-0.1, -0.05) is 6.07 Å². The van der Waals surface area contributed by atoms with Crippen molar-refractivity contribution >= 4 is 12.0 Å². The molecule has 1 aromatic heterocycles. The van der Waals surface area contributed by atoms with E-state index < -0.39 is 0 Å². The first-order chi connectivity index (χ1) is 13.2. The summed E-state index contributed by atoms with van der Waals surface area (Å²) in [6.45, 7) is 0.320. The number of hydrogen-bond acceptors (Lipinski definition) is 6. The maximum atomic E-state index is 13.0. The number of carbonyl (C=O) groups excluding carboxylic acids is 1. The van der Waals surface area contributed by atoms with E-state index in [1.807, 2.05) is 6.07 Å². The van der Waals surface area contributed by atoms with Crippen molar-refractivity contribution < 1.29 is 18.7 Å². The summed E-state index contributed by atoms with van der Waals surface area (Å²) < 4.78 is 25.0. The number of tetrazole rings is 1. The van der Waals surface area contributed by atoms with Gasteiger partial charge in [0, 0.05) is 6.08 Å². The highest BCUT2D eigenvalue weighted by Crippen LogP contribution is 2.32. The van der Waals surface area contributed by atoms with E-state index >= 15 is 0 Å². The standard InChI is InChI=1S/C18H14FN5O3/c19-13-3-5-14(6-4-13)24-17(21-22-23-24)10-20-18(25)8-2-12-1-7-15-16(9-12)27-11-26-15/h1-9H,10-11H2,(H,20,25)/b8-2+. The zero-order valence-corrected chi connectivity index (χ0v) is 14.0. The quantitative estimate of drug-likeness (QED) is 0.692. The summed E-state index contributed by atoms with van der Waals surface area (Å²) in [6.07, 6.45) is 3.07. The Balaban J connectivity index is 1.38. The van der Waals surface area contributed by atoms with Crippen molar-refractivity contribution in [2.24, 2.45) is 0 Å². The van der Waals surface area contributed by atoms with E-state index in [1.54, 1.807) is 30.3 Å². The Kier molecular flexibility index (Phi) is 4.48. The molecule has 0 bridgehead atoms. The van der Waals surface area contributed by atoms with E-state index in [4.69, 9.17) is 9.47 Å². The van der Waals surface area contributed by atoms with Gasteiger partial charge in [-0.15, -0.1) is 5.10 Å². The lowest BCUT2D eigenvalue weighted by Crippen LogP contribution is -2.22. The molecule has 1 amide bonds. The smallest absolute Gasteiger partial charge is 0.244 e. The van der Waals surface area contributed by atoms with Gasteiger partial charge in [-0.2, -0.15) is 4.68 Å². The lowest BCUT2D eigenvalue weighted by Gasteiger charge is -2.05. The van der Waals surface area contributed by atoms with Crippen LogP contribution in [0.2, 0.25) is 0 Å². The van der Waals surface area contributed by atoms with Crippen LogP contribution < -0.4 is 14.8 Å². The maximum absolute atomic E-state index is 13.0. The fraction of sp³-hybridized carbons (Fsp3) is 0.111. The fourth-order valence-electron chi connectivity index (χ4n) is 2.51. The third-order valence-electron chi connectivity index (χ3n) is 3.85. The van der Waals surface area contributed by atoms with Gasteiger partial charge >= 0.3 is 0 Å². The summed E-state index contributed by atoms with van der Waals surface area (Å²) >= 11 is 0. The molecule has 1 aliphatic rings. The number of aromatic nitrogens is 4. The minimum absolute atomic E-state index is 0.120. The van der Waals surface area contributed by atoms with Crippen LogP contribution in [0.25, 0.3) is 11.8 Å². The molecule has 0 unspecified atom stereocenters. The fourth-order valence-corrected chi connectivity index (χ4v) is 2.51. The summed E-state index contributed by atoms with van der Waals surface area (Å²) in [4.78, 5) is 12.1. The van der Waals surface area contributed by atoms with Gasteiger partial charge in [-0.3, -0.25) is 4.79 Å². The lowest BCUT2D eigenvalue weighted by atomic mass is 10.2. The molecule has 136 valence electrons. The van der Waals surface area contributed by atoms with Crippen molar-refractivity contribution in [3.63, 3.8) is 0 Å². The molecule has 0 radical (unpaired) electrons. The predicted octanol–water partition coefficient (Wildman–Crippen LogP) is 1.86. The Labute approximate surface area is 153 Å². The largest absolute Gasteiger partial charge is 0.454 e. The Morgan fingerprint density at radius 1 is 1.19 bits per heavy atom. The maximum Gasteiger partial charge on any atom is 0.244 e. The molecule has 0 spiro atoms. The van der Waals surface area contributed by atoms with Crippen LogP contribution >= 0.6 is 0 Å². The Morgan fingerprint density at radius 2 is 2.00 bits per heavy atom. The molecule has 0 saturated carbocycles. The van der Waals surface area contributed by atoms with Gasteiger partial charge < -0.3 is 14.8 Å². The molecular weight excluding hydrogens is 353 g/mol. The molecule has 4 rings (SSSR count). The molecule has 3 aromatic rings. The minimum atomic E-state index is -0.352. The molecule has 1 aliphatic heterocycles. The highest BCUT2D eigenvalue weighted by molar-refractivity contribution is 5.91. The van der Waals surface area contributed by atoms with Gasteiger partial charge in [0.1, 0.15) is 5.82 Å². The van der Waals surface area contributed by atoms with Crippen LogP contribution in [0.5, 0.6) is 11.5 Å². The number of rotatable bonds is 5. The number of hydrogen-bond donors (Lipinski definition) is 1. The van der Waals surface area contributed by atoms with Gasteiger partial charge in [0.25, 0.3) is 0 Å². The number of carbonyl (C=O) groups is 1. The zero-order chi connectivity index (χ0) is 18.6. The molecule has 0 atom stereocenters. The second-order valence-corrected chi connectivity index (χ2v) is 5.65. The molecule has 9 heteroatoms. The van der Waals surface area contributed by atoms with Crippen LogP contribution in [0, 0.1) is 5.82 Å². The highest BCUT2D eigenvalue weighted by atomic mass is 19.1. The molecule has 0 aliphatic carbocycles. The second-order valence-electron chi connectivity index (χ2n) is 5.65. The Hall–Kier alpha value is -3.75. The van der Waals surface area contributed by atoms with Crippen LogP contribution in [-0.2, 0) is 11.3 Å². The number of ether oxygens (including phenoxy) is 2. The Morgan fingerprint density at radius 3 is 2.85 bits per heavy atom. The first-order valence-corrected chi connectivity index (χ1v) is 8.08. The zero-order valence-electron chi connectivity index (χ0n) is 14.0. The van der Waals surface area contributed by atoms with Crippen molar-refractivity contribution in [1.29, 1.82) is 0 Å². The number of nitrogens with zero attached hydrogens (tertiary/aromatic N) is 4. The number of halogens is 1. The van der Waals surface area contributed by atoms with E-state index in [1.165, 1.54) is 22.9 Å². The molecule has 8 nitrogen and oxygen atoms in total. The minimum Gasteiger partial charge on any atom is -0.454 e. The normalized spacial score (nSPS) is 12.5. The van der Waals surface area contributed by atoms with E-state index in [9.17, 15) is 9.18 Å². The summed E-state index contributed by atoms with van der Waals surface area (Å²) in [5.41, 5.74) is 1.41. The van der Waals surface area contributed by atoms with Crippen LogP contribution in [0.4, 0.5) is 4.39 Å². The molecule has 0 saturated heterocycles.